The van der Waals surface area contributed by atoms with Gasteiger partial charge in [-0.1, -0.05) is 6.07 Å². The average molecular weight is 486 g/mol. The highest BCUT2D eigenvalue weighted by Gasteiger charge is 2.51. The monoisotopic (exact) mass is 486 g/mol. The molecule has 9 nitrogen and oxygen atoms in total. The van der Waals surface area contributed by atoms with E-state index in [0.29, 0.717) is 6.07 Å². The number of sulfone groups is 1. The molecule has 1 amide bonds. The van der Waals surface area contributed by atoms with Crippen molar-refractivity contribution in [2.75, 3.05) is 0 Å². The zero-order chi connectivity index (χ0) is 24.5. The Hall–Kier alpha value is -3.19. The summed E-state index contributed by atoms with van der Waals surface area (Å²) < 4.78 is 68.9. The lowest BCUT2D eigenvalue weighted by atomic mass is 9.85. The molecule has 13 heteroatoms. The summed E-state index contributed by atoms with van der Waals surface area (Å²) in [6.45, 7) is 2.67. The van der Waals surface area contributed by atoms with E-state index in [1.165, 1.54) is 32.0 Å². The minimum absolute atomic E-state index is 0.0151. The number of aliphatic hydroxyl groups excluding tert-OH is 1. The Labute approximate surface area is 185 Å². The molecule has 0 fully saturated rings. The lowest BCUT2D eigenvalue weighted by molar-refractivity contribution is -0.385. The van der Waals surface area contributed by atoms with Gasteiger partial charge in [0.2, 0.25) is 0 Å². The molecule has 2 atom stereocenters. The number of aliphatic hydroxyl groups is 1. The summed E-state index contributed by atoms with van der Waals surface area (Å²) in [7, 11) is -5.72. The molecule has 0 saturated carbocycles. The molecule has 2 aliphatic rings. The highest BCUT2D eigenvalue weighted by molar-refractivity contribution is 7.92. The summed E-state index contributed by atoms with van der Waals surface area (Å²) in [5.41, 5.74) is -7.26. The topological polar surface area (TPSA) is 127 Å². The first-order chi connectivity index (χ1) is 15.2. The van der Waals surface area contributed by atoms with Crippen LogP contribution in [-0.4, -0.2) is 46.5 Å². The largest absolute Gasteiger partial charge is 0.501 e. The molecule has 2 aromatic rings. The van der Waals surface area contributed by atoms with Gasteiger partial charge in [0, 0.05) is 11.6 Å². The molecule has 176 valence electrons. The summed E-state index contributed by atoms with van der Waals surface area (Å²) >= 11 is 0. The van der Waals surface area contributed by atoms with Gasteiger partial charge in [-0.3, -0.25) is 14.9 Å². The van der Waals surface area contributed by atoms with Crippen LogP contribution in [0.2, 0.25) is 0 Å². The summed E-state index contributed by atoms with van der Waals surface area (Å²) in [6, 6.07) is 5.06. The number of rotatable bonds is 3. The van der Waals surface area contributed by atoms with Gasteiger partial charge in [-0.2, -0.15) is 13.2 Å². The number of nitro benzene ring substituents is 1. The molecule has 0 spiro atoms. The van der Waals surface area contributed by atoms with E-state index in [1.54, 1.807) is 0 Å². The zero-order valence-electron chi connectivity index (χ0n) is 17.2. The SMILES string of the molecule is CC1(C)Oc2ccc(S(=O)(=O)C(F)(F)F)cc2C(N2Cc3c(cccc3[N+](=O)[O-])C2=O)C1O. The standard InChI is InChI=1S/C20H17F3N2O7S/c1-19(2)17(26)16(24-9-13-11(18(24)27)4-3-5-14(13)25(28)29)12-8-10(6-7-15(12)32-19)33(30,31)20(21,22)23/h3-8,16-17,26H,9H2,1-2H3. The Morgan fingerprint density at radius 3 is 2.52 bits per heavy atom. The Bertz CT molecular complexity index is 1290. The first-order valence-electron chi connectivity index (χ1n) is 9.56. The van der Waals surface area contributed by atoms with Crippen molar-refractivity contribution in [3.05, 3.63) is 63.2 Å². The number of carbonyl (C=O) groups excluding carboxylic acids is 1. The van der Waals surface area contributed by atoms with E-state index in [0.717, 1.165) is 17.0 Å². The molecular formula is C20H17F3N2O7S. The second-order valence-corrected chi connectivity index (χ2v) is 10.2. The molecule has 1 N–H and O–H groups in total. The molecule has 2 aliphatic heterocycles. The molecule has 0 saturated heterocycles. The molecule has 0 radical (unpaired) electrons. The predicted octanol–water partition coefficient (Wildman–Crippen LogP) is 3.12. The molecule has 2 aromatic carbocycles. The van der Waals surface area contributed by atoms with E-state index < -0.39 is 48.8 Å². The van der Waals surface area contributed by atoms with Crippen LogP contribution in [-0.2, 0) is 16.4 Å². The van der Waals surface area contributed by atoms with Gasteiger partial charge in [0.15, 0.2) is 0 Å². The summed E-state index contributed by atoms with van der Waals surface area (Å²) in [5.74, 6) is -0.708. The molecule has 0 aromatic heterocycles. The van der Waals surface area contributed by atoms with Gasteiger partial charge in [-0.25, -0.2) is 8.42 Å². The van der Waals surface area contributed by atoms with Gasteiger partial charge in [0.05, 0.1) is 33.5 Å². The van der Waals surface area contributed by atoms with Crippen LogP contribution in [0, 0.1) is 10.1 Å². The molecular weight excluding hydrogens is 469 g/mol. The van der Waals surface area contributed by atoms with Gasteiger partial charge in [0.25, 0.3) is 21.4 Å². The maximum absolute atomic E-state index is 13.1. The summed E-state index contributed by atoms with van der Waals surface area (Å²) in [6.07, 6.45) is -1.49. The maximum Gasteiger partial charge on any atom is 0.501 e. The van der Waals surface area contributed by atoms with Gasteiger partial charge in [-0.05, 0) is 38.1 Å². The number of halogens is 3. The Balaban J connectivity index is 1.88. The van der Waals surface area contributed by atoms with Crippen LogP contribution in [0.3, 0.4) is 0 Å². The molecule has 0 aliphatic carbocycles. The maximum atomic E-state index is 13.1. The third-order valence-corrected chi connectivity index (χ3v) is 7.29. The summed E-state index contributed by atoms with van der Waals surface area (Å²) in [5, 5.41) is 22.4. The van der Waals surface area contributed by atoms with Crippen molar-refractivity contribution in [3.63, 3.8) is 0 Å². The number of amides is 1. The number of fused-ring (bicyclic) bond motifs is 2. The molecule has 2 unspecified atom stereocenters. The van der Waals surface area contributed by atoms with Crippen molar-refractivity contribution >= 4 is 21.4 Å². The van der Waals surface area contributed by atoms with Crippen LogP contribution in [0.25, 0.3) is 0 Å². The fourth-order valence-corrected chi connectivity index (χ4v) is 4.91. The van der Waals surface area contributed by atoms with Gasteiger partial charge < -0.3 is 14.7 Å². The highest BCUT2D eigenvalue weighted by Crippen LogP contribution is 2.47. The number of hydrogen-bond donors (Lipinski definition) is 1. The van der Waals surface area contributed by atoms with Crippen LogP contribution in [0.5, 0.6) is 5.75 Å². The normalized spacial score (nSPS) is 21.9. The second kappa shape index (κ2) is 7.15. The lowest BCUT2D eigenvalue weighted by Gasteiger charge is -2.45. The third-order valence-electron chi connectivity index (χ3n) is 5.80. The van der Waals surface area contributed by atoms with E-state index >= 15 is 0 Å². The highest BCUT2D eigenvalue weighted by atomic mass is 32.2. The van der Waals surface area contributed by atoms with Crippen molar-refractivity contribution in [2.45, 2.75) is 48.5 Å². The molecule has 2 heterocycles. The fourth-order valence-electron chi connectivity index (χ4n) is 4.12. The molecule has 33 heavy (non-hydrogen) atoms. The zero-order valence-corrected chi connectivity index (χ0v) is 18.0. The number of nitro groups is 1. The van der Waals surface area contributed by atoms with Crippen LogP contribution in [0.1, 0.15) is 41.4 Å². The van der Waals surface area contributed by atoms with Crippen LogP contribution in [0.15, 0.2) is 41.3 Å². The fraction of sp³-hybridized carbons (Fsp3) is 0.350. The van der Waals surface area contributed by atoms with Crippen LogP contribution >= 0.6 is 0 Å². The van der Waals surface area contributed by atoms with E-state index in [2.05, 4.69) is 0 Å². The average Bonchev–Trinajstić information content (AvgIpc) is 3.04. The Morgan fingerprint density at radius 1 is 1.24 bits per heavy atom. The number of alkyl halides is 3. The van der Waals surface area contributed by atoms with Gasteiger partial charge in [0.1, 0.15) is 17.5 Å². The Kier molecular flexibility index (Phi) is 4.98. The van der Waals surface area contributed by atoms with E-state index in [1.807, 2.05) is 0 Å². The minimum atomic E-state index is -5.72. The van der Waals surface area contributed by atoms with Crippen molar-refractivity contribution in [1.29, 1.82) is 0 Å². The Morgan fingerprint density at radius 2 is 1.91 bits per heavy atom. The second-order valence-electron chi connectivity index (χ2n) is 8.24. The lowest BCUT2D eigenvalue weighted by Crippen LogP contribution is -2.53. The first-order valence-corrected chi connectivity index (χ1v) is 11.0. The minimum Gasteiger partial charge on any atom is -0.485 e. The van der Waals surface area contributed by atoms with E-state index in [4.69, 9.17) is 4.74 Å². The van der Waals surface area contributed by atoms with Gasteiger partial charge in [-0.15, -0.1) is 0 Å². The number of hydrogen-bond acceptors (Lipinski definition) is 7. The van der Waals surface area contributed by atoms with E-state index in [-0.39, 0.29) is 34.7 Å². The quantitative estimate of drug-likeness (QED) is 0.522. The van der Waals surface area contributed by atoms with Crippen molar-refractivity contribution in [3.8, 4) is 5.75 Å². The van der Waals surface area contributed by atoms with Crippen molar-refractivity contribution < 1.29 is 41.2 Å². The van der Waals surface area contributed by atoms with Crippen LogP contribution in [0.4, 0.5) is 18.9 Å². The predicted molar refractivity (Wildman–Crippen MR) is 106 cm³/mol. The molecule has 0 bridgehead atoms. The number of benzene rings is 2. The van der Waals surface area contributed by atoms with Gasteiger partial charge >= 0.3 is 5.51 Å². The smallest absolute Gasteiger partial charge is 0.485 e. The number of carbonyl (C=O) groups is 1. The third kappa shape index (κ3) is 3.42. The summed E-state index contributed by atoms with van der Waals surface area (Å²) in [4.78, 5) is 23.9. The molecule has 4 rings (SSSR count). The van der Waals surface area contributed by atoms with Crippen molar-refractivity contribution in [2.24, 2.45) is 0 Å². The number of nitrogens with zero attached hydrogens (tertiary/aromatic N) is 2. The van der Waals surface area contributed by atoms with E-state index in [9.17, 15) is 41.6 Å². The van der Waals surface area contributed by atoms with Crippen LogP contribution < -0.4 is 4.74 Å². The number of ether oxygens (including phenoxy) is 1. The first kappa shape index (κ1) is 23.0. The van der Waals surface area contributed by atoms with Crippen molar-refractivity contribution in [1.82, 2.24) is 4.90 Å².